The number of nitrogens with zero attached hydrogens (tertiary/aromatic N) is 7. The molecule has 6 rings (SSSR count). The molecule has 1 aromatic heterocycles. The van der Waals surface area contributed by atoms with Crippen molar-refractivity contribution in [2.24, 2.45) is 5.92 Å². The summed E-state index contributed by atoms with van der Waals surface area (Å²) in [6.45, 7) is 20.8. The summed E-state index contributed by atoms with van der Waals surface area (Å²) in [7, 11) is 0. The highest BCUT2D eigenvalue weighted by Crippen LogP contribution is 2.38. The number of amides is 1. The normalized spacial score (nSPS) is 21.7. The molecule has 2 fully saturated rings. The SMILES string of the molecule is [C-]#[N+]C[C@H]1CN(c2nc(OC[C@@H]3C[C@@H](C)CN3C(C)C)nc3c2CCN(c2cccc4ccc(F)c(Cl)c24)C3)CCN1C(=O)C(=C)F. The van der Waals surface area contributed by atoms with E-state index in [-0.39, 0.29) is 30.2 Å². The van der Waals surface area contributed by atoms with E-state index in [1.807, 2.05) is 18.2 Å². The predicted molar refractivity (Wildman–Crippen MR) is 180 cm³/mol. The third-order valence-electron chi connectivity index (χ3n) is 9.59. The quantitative estimate of drug-likeness (QED) is 0.220. The number of carbonyl (C=O) groups is 1. The number of hydrogen-bond donors (Lipinski definition) is 0. The van der Waals surface area contributed by atoms with Gasteiger partial charge in [0.1, 0.15) is 24.3 Å². The predicted octanol–water partition coefficient (Wildman–Crippen LogP) is 5.90. The van der Waals surface area contributed by atoms with E-state index in [0.29, 0.717) is 62.4 Å². The zero-order chi connectivity index (χ0) is 33.4. The summed E-state index contributed by atoms with van der Waals surface area (Å²) in [6, 6.07) is 9.29. The third-order valence-corrected chi connectivity index (χ3v) is 9.96. The maximum Gasteiger partial charge on any atom is 0.318 e. The molecule has 3 aliphatic rings. The van der Waals surface area contributed by atoms with Crippen LogP contribution in [0.2, 0.25) is 5.02 Å². The number of fused-ring (bicyclic) bond motifs is 2. The van der Waals surface area contributed by atoms with E-state index in [9.17, 15) is 13.6 Å². The van der Waals surface area contributed by atoms with Crippen LogP contribution in [0.4, 0.5) is 20.3 Å². The number of anilines is 2. The van der Waals surface area contributed by atoms with Crippen molar-refractivity contribution in [3.8, 4) is 6.01 Å². The zero-order valence-corrected chi connectivity index (χ0v) is 27.8. The van der Waals surface area contributed by atoms with Crippen molar-refractivity contribution >= 4 is 39.8 Å². The lowest BCUT2D eigenvalue weighted by Crippen LogP contribution is -2.57. The van der Waals surface area contributed by atoms with Crippen LogP contribution in [0.25, 0.3) is 15.6 Å². The van der Waals surface area contributed by atoms with Gasteiger partial charge >= 0.3 is 6.01 Å². The molecule has 3 atom stereocenters. The highest BCUT2D eigenvalue weighted by molar-refractivity contribution is 6.36. The fraction of sp³-hybridized carbons (Fsp3) is 0.486. The summed E-state index contributed by atoms with van der Waals surface area (Å²) in [5.74, 6) is -1.02. The van der Waals surface area contributed by atoms with Gasteiger partial charge in [0.25, 0.3) is 5.91 Å². The summed E-state index contributed by atoms with van der Waals surface area (Å²) in [4.78, 5) is 34.1. The molecule has 12 heteroatoms. The van der Waals surface area contributed by atoms with Gasteiger partial charge in [-0.3, -0.25) is 9.69 Å². The van der Waals surface area contributed by atoms with Crippen molar-refractivity contribution in [2.75, 3.05) is 55.7 Å². The smallest absolute Gasteiger partial charge is 0.318 e. The van der Waals surface area contributed by atoms with E-state index in [2.05, 4.69) is 46.9 Å². The molecule has 3 aliphatic heterocycles. The van der Waals surface area contributed by atoms with E-state index in [1.165, 1.54) is 11.0 Å². The first-order chi connectivity index (χ1) is 22.5. The van der Waals surface area contributed by atoms with Crippen LogP contribution < -0.4 is 14.5 Å². The molecule has 3 aromatic rings. The number of aromatic nitrogens is 2. The van der Waals surface area contributed by atoms with Crippen LogP contribution in [0.15, 0.2) is 42.7 Å². The molecule has 0 unspecified atom stereocenters. The molecule has 1 amide bonds. The van der Waals surface area contributed by atoms with Crippen LogP contribution in [-0.2, 0) is 17.8 Å². The molecule has 2 aromatic carbocycles. The largest absolute Gasteiger partial charge is 0.462 e. The number of piperazine rings is 1. The highest BCUT2D eigenvalue weighted by Gasteiger charge is 2.37. The summed E-state index contributed by atoms with van der Waals surface area (Å²) >= 11 is 6.51. The Morgan fingerprint density at radius 1 is 1.15 bits per heavy atom. The Kier molecular flexibility index (Phi) is 9.53. The number of halogens is 3. The lowest BCUT2D eigenvalue weighted by atomic mass is 10.0. The molecule has 0 aliphatic carbocycles. The van der Waals surface area contributed by atoms with Crippen LogP contribution in [0.1, 0.15) is 38.4 Å². The van der Waals surface area contributed by atoms with Gasteiger partial charge in [0.05, 0.1) is 17.3 Å². The van der Waals surface area contributed by atoms with E-state index >= 15 is 0 Å². The van der Waals surface area contributed by atoms with Gasteiger partial charge in [-0.25, -0.2) is 15.4 Å². The number of rotatable bonds is 8. The van der Waals surface area contributed by atoms with Gasteiger partial charge in [-0.2, -0.15) is 9.97 Å². The van der Waals surface area contributed by atoms with Crippen molar-refractivity contribution in [1.82, 2.24) is 19.8 Å². The average molecular weight is 664 g/mol. The first-order valence-corrected chi connectivity index (χ1v) is 16.6. The molecular formula is C35H40ClF2N7O2. The van der Waals surface area contributed by atoms with Gasteiger partial charge in [-0.05, 0) is 50.1 Å². The molecule has 2 saturated heterocycles. The minimum atomic E-state index is -1.03. The van der Waals surface area contributed by atoms with Crippen LogP contribution >= 0.6 is 11.6 Å². The van der Waals surface area contributed by atoms with Crippen LogP contribution in [0.3, 0.4) is 0 Å². The van der Waals surface area contributed by atoms with Crippen molar-refractivity contribution < 1.29 is 18.3 Å². The molecular weight excluding hydrogens is 624 g/mol. The summed E-state index contributed by atoms with van der Waals surface area (Å²) in [5.41, 5.74) is 2.57. The van der Waals surface area contributed by atoms with Gasteiger partial charge in [0.2, 0.25) is 6.54 Å². The van der Waals surface area contributed by atoms with Gasteiger partial charge < -0.3 is 24.3 Å². The van der Waals surface area contributed by atoms with Crippen LogP contribution in [-0.4, -0.2) is 89.7 Å². The third kappa shape index (κ3) is 6.58. The Morgan fingerprint density at radius 3 is 2.70 bits per heavy atom. The Bertz CT molecular complexity index is 1730. The first kappa shape index (κ1) is 32.9. The topological polar surface area (TPSA) is 69.4 Å². The monoisotopic (exact) mass is 663 g/mol. The molecule has 0 saturated carbocycles. The van der Waals surface area contributed by atoms with Crippen LogP contribution in [0.5, 0.6) is 6.01 Å². The maximum atomic E-state index is 14.6. The van der Waals surface area contributed by atoms with Gasteiger partial charge in [0.15, 0.2) is 5.83 Å². The standard InChI is InChI=1S/C35H40ClF2N7O2/c1-21(2)45-17-22(3)15-25(45)20-47-35-40-29-19-42(30-8-6-7-24-9-10-28(38)32(36)31(24)30)12-11-27(29)33(41-35)43-13-14-44(34(46)23(4)37)26(18-43)16-39-5/h6-10,21-22,25-26H,4,11-20H2,1-3H3/t22-,25+,26+/m1/s1. The fourth-order valence-corrected chi connectivity index (χ4v) is 7.63. The number of likely N-dealkylation sites (tertiary alicyclic amines) is 1. The summed E-state index contributed by atoms with van der Waals surface area (Å²) < 4.78 is 34.9. The maximum absolute atomic E-state index is 14.6. The highest BCUT2D eigenvalue weighted by atomic mass is 35.5. The summed E-state index contributed by atoms with van der Waals surface area (Å²) in [5, 5.41) is 1.59. The van der Waals surface area contributed by atoms with Crippen molar-refractivity contribution in [3.05, 3.63) is 76.3 Å². The first-order valence-electron chi connectivity index (χ1n) is 16.2. The molecule has 0 N–H and O–H groups in total. The Hall–Kier alpha value is -4.01. The van der Waals surface area contributed by atoms with E-state index in [4.69, 9.17) is 32.9 Å². The Labute approximate surface area is 279 Å². The van der Waals surface area contributed by atoms with Gasteiger partial charge in [-0.15, -0.1) is 0 Å². The number of benzene rings is 2. The Morgan fingerprint density at radius 2 is 1.96 bits per heavy atom. The second kappa shape index (κ2) is 13.6. The molecule has 0 spiro atoms. The van der Waals surface area contributed by atoms with E-state index in [1.54, 1.807) is 6.07 Å². The van der Waals surface area contributed by atoms with E-state index < -0.39 is 23.6 Å². The minimum Gasteiger partial charge on any atom is -0.462 e. The fourth-order valence-electron chi connectivity index (χ4n) is 7.36. The lowest BCUT2D eigenvalue weighted by molar-refractivity contribution is -0.131. The number of hydrogen-bond acceptors (Lipinski definition) is 7. The molecule has 0 bridgehead atoms. The Balaban J connectivity index is 1.35. The second-order valence-corrected chi connectivity index (χ2v) is 13.5. The molecule has 4 heterocycles. The number of ether oxygens (including phenoxy) is 1. The molecule has 248 valence electrons. The minimum absolute atomic E-state index is 0.0310. The average Bonchev–Trinajstić information content (AvgIpc) is 3.45. The molecule has 9 nitrogen and oxygen atoms in total. The summed E-state index contributed by atoms with van der Waals surface area (Å²) in [6.07, 6.45) is 1.62. The number of carbonyl (C=O) groups excluding carboxylic acids is 1. The van der Waals surface area contributed by atoms with Crippen molar-refractivity contribution in [2.45, 2.75) is 58.3 Å². The van der Waals surface area contributed by atoms with Crippen LogP contribution in [0, 0.1) is 18.3 Å². The van der Waals surface area contributed by atoms with Crippen molar-refractivity contribution in [3.63, 3.8) is 0 Å². The molecule has 0 radical (unpaired) electrons. The second-order valence-electron chi connectivity index (χ2n) is 13.1. The zero-order valence-electron chi connectivity index (χ0n) is 27.1. The molecule has 47 heavy (non-hydrogen) atoms. The lowest BCUT2D eigenvalue weighted by Gasteiger charge is -2.41. The van der Waals surface area contributed by atoms with Gasteiger partial charge in [-0.1, -0.05) is 43.3 Å². The van der Waals surface area contributed by atoms with E-state index in [0.717, 1.165) is 35.3 Å². The van der Waals surface area contributed by atoms with Gasteiger partial charge in [0, 0.05) is 61.4 Å². The van der Waals surface area contributed by atoms with Crippen molar-refractivity contribution in [1.29, 1.82) is 0 Å².